The fourth-order valence-electron chi connectivity index (χ4n) is 2.22. The Kier molecular flexibility index (Phi) is 2.48. The molecule has 0 aliphatic heterocycles. The highest BCUT2D eigenvalue weighted by Gasteiger charge is 2.16. The average molecular weight is 217 g/mol. The van der Waals surface area contributed by atoms with Crippen molar-refractivity contribution in [1.82, 2.24) is 14.4 Å². The van der Waals surface area contributed by atoms with Gasteiger partial charge in [-0.15, -0.1) is 0 Å². The van der Waals surface area contributed by atoms with Gasteiger partial charge in [0.05, 0.1) is 6.20 Å². The van der Waals surface area contributed by atoms with Crippen molar-refractivity contribution in [2.24, 2.45) is 0 Å². The zero-order chi connectivity index (χ0) is 10.8. The van der Waals surface area contributed by atoms with Crippen LogP contribution in [0.3, 0.4) is 0 Å². The summed E-state index contributed by atoms with van der Waals surface area (Å²) in [5.41, 5.74) is 0. The lowest BCUT2D eigenvalue weighted by Gasteiger charge is -2.21. The molecule has 84 valence electrons. The van der Waals surface area contributed by atoms with Crippen LogP contribution in [0.15, 0.2) is 24.7 Å². The first-order valence-corrected chi connectivity index (χ1v) is 5.88. The fourth-order valence-corrected chi connectivity index (χ4v) is 2.22. The molecule has 0 unspecified atom stereocenters. The highest BCUT2D eigenvalue weighted by molar-refractivity contribution is 5.32. The summed E-state index contributed by atoms with van der Waals surface area (Å²) in [6.07, 6.45) is 12.1. The van der Waals surface area contributed by atoms with E-state index in [0.29, 0.717) is 17.8 Å². The molecule has 3 rings (SSSR count). The number of imidazole rings is 1. The molecule has 0 radical (unpaired) electrons. The summed E-state index contributed by atoms with van der Waals surface area (Å²) in [6, 6.07) is 1.89. The Bertz CT molecular complexity index is 441. The predicted molar refractivity (Wildman–Crippen MR) is 60.5 cm³/mol. The molecule has 1 saturated carbocycles. The van der Waals surface area contributed by atoms with Gasteiger partial charge in [0.2, 0.25) is 11.7 Å². The molecular weight excluding hydrogens is 202 g/mol. The average Bonchev–Trinajstić information content (AvgIpc) is 2.72. The third kappa shape index (κ3) is 1.87. The first-order valence-electron chi connectivity index (χ1n) is 5.88. The quantitative estimate of drug-likeness (QED) is 0.775. The van der Waals surface area contributed by atoms with Crippen LogP contribution in [-0.4, -0.2) is 20.5 Å². The molecule has 1 aliphatic carbocycles. The Morgan fingerprint density at radius 1 is 1.25 bits per heavy atom. The Morgan fingerprint density at radius 2 is 2.12 bits per heavy atom. The van der Waals surface area contributed by atoms with E-state index < -0.39 is 0 Å². The molecular formula is C12H15N3O. The van der Waals surface area contributed by atoms with E-state index in [1.165, 1.54) is 19.3 Å². The molecule has 0 saturated heterocycles. The van der Waals surface area contributed by atoms with Crippen LogP contribution < -0.4 is 4.74 Å². The molecule has 0 N–H and O–H groups in total. The molecule has 0 aromatic carbocycles. The topological polar surface area (TPSA) is 39.4 Å². The van der Waals surface area contributed by atoms with Gasteiger partial charge in [0, 0.05) is 12.4 Å². The summed E-state index contributed by atoms with van der Waals surface area (Å²) in [5.74, 6) is 1.40. The molecule has 2 aromatic heterocycles. The van der Waals surface area contributed by atoms with E-state index >= 15 is 0 Å². The van der Waals surface area contributed by atoms with E-state index in [-0.39, 0.29) is 0 Å². The van der Waals surface area contributed by atoms with Gasteiger partial charge in [0.25, 0.3) is 0 Å². The van der Waals surface area contributed by atoms with Gasteiger partial charge in [-0.1, -0.05) is 6.42 Å². The minimum atomic E-state index is 0.346. The molecule has 1 aliphatic rings. The van der Waals surface area contributed by atoms with Crippen molar-refractivity contribution < 1.29 is 4.74 Å². The van der Waals surface area contributed by atoms with Crippen molar-refractivity contribution in [2.75, 3.05) is 0 Å². The van der Waals surface area contributed by atoms with E-state index in [9.17, 15) is 0 Å². The smallest absolute Gasteiger partial charge is 0.237 e. The van der Waals surface area contributed by atoms with Gasteiger partial charge in [-0.05, 0) is 31.7 Å². The van der Waals surface area contributed by atoms with Crippen molar-refractivity contribution in [3.63, 3.8) is 0 Å². The molecule has 4 heteroatoms. The van der Waals surface area contributed by atoms with Crippen LogP contribution in [0.5, 0.6) is 5.88 Å². The number of fused-ring (bicyclic) bond motifs is 1. The van der Waals surface area contributed by atoms with E-state index in [4.69, 9.17) is 4.74 Å². The minimum absolute atomic E-state index is 0.346. The zero-order valence-electron chi connectivity index (χ0n) is 9.17. The fraction of sp³-hybridized carbons (Fsp3) is 0.500. The van der Waals surface area contributed by atoms with Gasteiger partial charge in [-0.2, -0.15) is 4.98 Å². The highest BCUT2D eigenvalue weighted by atomic mass is 16.5. The second-order valence-electron chi connectivity index (χ2n) is 4.28. The third-order valence-electron chi connectivity index (χ3n) is 3.05. The number of hydrogen-bond donors (Lipinski definition) is 0. The number of ether oxygens (including phenoxy) is 1. The van der Waals surface area contributed by atoms with Crippen molar-refractivity contribution in [2.45, 2.75) is 38.2 Å². The van der Waals surface area contributed by atoms with Gasteiger partial charge < -0.3 is 4.74 Å². The van der Waals surface area contributed by atoms with Gasteiger partial charge in [0.15, 0.2) is 0 Å². The molecule has 2 heterocycles. The minimum Gasteiger partial charge on any atom is -0.473 e. The van der Waals surface area contributed by atoms with Gasteiger partial charge >= 0.3 is 0 Å². The Hall–Kier alpha value is -1.58. The number of hydrogen-bond acceptors (Lipinski definition) is 3. The largest absolute Gasteiger partial charge is 0.473 e. The Balaban J connectivity index is 1.78. The highest BCUT2D eigenvalue weighted by Crippen LogP contribution is 2.22. The van der Waals surface area contributed by atoms with Crippen molar-refractivity contribution >= 4 is 5.78 Å². The lowest BCUT2D eigenvalue weighted by molar-refractivity contribution is 0.149. The van der Waals surface area contributed by atoms with Crippen molar-refractivity contribution in [1.29, 1.82) is 0 Å². The molecule has 1 fully saturated rings. The molecule has 16 heavy (non-hydrogen) atoms. The molecule has 0 atom stereocenters. The number of nitrogens with zero attached hydrogens (tertiary/aromatic N) is 3. The summed E-state index contributed by atoms with van der Waals surface area (Å²) in [7, 11) is 0. The third-order valence-corrected chi connectivity index (χ3v) is 3.05. The molecule has 0 amide bonds. The predicted octanol–water partition coefficient (Wildman–Crippen LogP) is 2.44. The Labute approximate surface area is 94.3 Å². The first kappa shape index (κ1) is 9.63. The zero-order valence-corrected chi connectivity index (χ0v) is 9.17. The number of rotatable bonds is 2. The van der Waals surface area contributed by atoms with Crippen LogP contribution in [-0.2, 0) is 0 Å². The second-order valence-corrected chi connectivity index (χ2v) is 4.28. The van der Waals surface area contributed by atoms with Crippen molar-refractivity contribution in [3.8, 4) is 5.88 Å². The molecule has 4 nitrogen and oxygen atoms in total. The second kappa shape index (κ2) is 4.12. The SMILES string of the molecule is c1cnc2nc(OC3CCCCC3)cn2c1. The molecule has 0 spiro atoms. The normalized spacial score (nSPS) is 17.8. The van der Waals surface area contributed by atoms with E-state index in [1.807, 2.05) is 22.9 Å². The van der Waals surface area contributed by atoms with Crippen LogP contribution >= 0.6 is 0 Å². The maximum absolute atomic E-state index is 5.87. The van der Waals surface area contributed by atoms with E-state index in [0.717, 1.165) is 12.8 Å². The lowest BCUT2D eigenvalue weighted by atomic mass is 9.98. The van der Waals surface area contributed by atoms with E-state index in [2.05, 4.69) is 9.97 Å². The number of aromatic nitrogens is 3. The summed E-state index contributed by atoms with van der Waals surface area (Å²) in [5, 5.41) is 0. The van der Waals surface area contributed by atoms with Crippen LogP contribution in [0.2, 0.25) is 0 Å². The summed E-state index contributed by atoms with van der Waals surface area (Å²) < 4.78 is 7.76. The monoisotopic (exact) mass is 217 g/mol. The molecule has 2 aromatic rings. The summed E-state index contributed by atoms with van der Waals surface area (Å²) in [4.78, 5) is 8.50. The van der Waals surface area contributed by atoms with Crippen LogP contribution in [0, 0.1) is 0 Å². The van der Waals surface area contributed by atoms with Gasteiger partial charge in [0.1, 0.15) is 6.10 Å². The van der Waals surface area contributed by atoms with E-state index in [1.54, 1.807) is 6.20 Å². The maximum atomic E-state index is 5.87. The summed E-state index contributed by atoms with van der Waals surface area (Å²) >= 11 is 0. The lowest BCUT2D eigenvalue weighted by Crippen LogP contribution is -2.19. The van der Waals surface area contributed by atoms with Gasteiger partial charge in [-0.3, -0.25) is 4.40 Å². The van der Waals surface area contributed by atoms with Crippen molar-refractivity contribution in [3.05, 3.63) is 24.7 Å². The maximum Gasteiger partial charge on any atom is 0.237 e. The van der Waals surface area contributed by atoms with Crippen LogP contribution in [0.1, 0.15) is 32.1 Å². The molecule has 0 bridgehead atoms. The standard InChI is InChI=1S/C12H15N3O/c1-2-5-10(6-3-1)16-11-9-15-8-4-7-13-12(15)14-11/h4,7-10H,1-3,5-6H2. The van der Waals surface area contributed by atoms with Crippen LogP contribution in [0.4, 0.5) is 0 Å². The van der Waals surface area contributed by atoms with Crippen LogP contribution in [0.25, 0.3) is 5.78 Å². The Morgan fingerprint density at radius 3 is 2.94 bits per heavy atom. The first-order chi connectivity index (χ1) is 7.92. The summed E-state index contributed by atoms with van der Waals surface area (Å²) in [6.45, 7) is 0. The van der Waals surface area contributed by atoms with Gasteiger partial charge in [-0.25, -0.2) is 4.98 Å².